The van der Waals surface area contributed by atoms with Gasteiger partial charge >= 0.3 is 0 Å². The number of aromatic nitrogens is 3. The number of carbonyl (C=O) groups is 3. The van der Waals surface area contributed by atoms with Crippen molar-refractivity contribution in [1.82, 2.24) is 35.0 Å². The number of fused-ring (bicyclic) bond motifs is 4. The van der Waals surface area contributed by atoms with Crippen molar-refractivity contribution in [2.24, 2.45) is 0 Å². The lowest BCUT2D eigenvalue weighted by Gasteiger charge is -2.48. The van der Waals surface area contributed by atoms with Crippen LogP contribution in [-0.2, 0) is 19.1 Å². The number of nitrogens with zero attached hydrogens (tertiary/aromatic N) is 6. The molecule has 0 unspecified atom stereocenters. The Hall–Kier alpha value is -3.63. The van der Waals surface area contributed by atoms with Crippen molar-refractivity contribution in [2.75, 3.05) is 32.7 Å². The van der Waals surface area contributed by atoms with E-state index in [9.17, 15) is 34.8 Å². The van der Waals surface area contributed by atoms with Crippen molar-refractivity contribution >= 4 is 17.7 Å². The Morgan fingerprint density at radius 3 is 2.49 bits per heavy atom. The molecule has 2 aromatic rings. The zero-order chi connectivity index (χ0) is 31.4. The Balaban J connectivity index is 1.24. The second kappa shape index (κ2) is 11.9. The molecule has 0 spiro atoms. The van der Waals surface area contributed by atoms with E-state index in [0.717, 1.165) is 25.7 Å². The van der Waals surface area contributed by atoms with Gasteiger partial charge in [-0.15, -0.1) is 5.10 Å². The summed E-state index contributed by atoms with van der Waals surface area (Å²) in [5, 5.41) is 53.4. The van der Waals surface area contributed by atoms with Gasteiger partial charge in [0.2, 0.25) is 11.8 Å². The first-order valence-corrected chi connectivity index (χ1v) is 15.7. The SMILES string of the molecule is O=C1NC[C@@H]2O[C@H](C(=O)N3CCN(C4CCCC4)C[C@H]3C(=O)N3CC[C@@H](n4cc(-c5cccc(O)c5)nn4)[C@@H]13)[C@H](O)[C@H](O)[C@H]2O. The van der Waals surface area contributed by atoms with Crippen LogP contribution in [0.25, 0.3) is 11.3 Å². The smallest absolute Gasteiger partial charge is 0.255 e. The Morgan fingerprint density at radius 1 is 0.911 bits per heavy atom. The molecule has 5 N–H and O–H groups in total. The maximum atomic E-state index is 14.5. The minimum Gasteiger partial charge on any atom is -0.508 e. The average Bonchev–Trinajstić information content (AvgIpc) is 3.83. The van der Waals surface area contributed by atoms with Gasteiger partial charge in [-0.1, -0.05) is 30.2 Å². The van der Waals surface area contributed by atoms with E-state index in [1.54, 1.807) is 35.1 Å². The van der Waals surface area contributed by atoms with Crippen LogP contribution in [0.15, 0.2) is 30.5 Å². The van der Waals surface area contributed by atoms with E-state index < -0.39 is 60.5 Å². The van der Waals surface area contributed by atoms with Gasteiger partial charge in [0.15, 0.2) is 6.10 Å². The van der Waals surface area contributed by atoms with Crippen molar-refractivity contribution in [2.45, 2.75) is 86.8 Å². The Labute approximate surface area is 259 Å². The minimum atomic E-state index is -1.71. The predicted molar refractivity (Wildman–Crippen MR) is 155 cm³/mol. The molecule has 5 aliphatic rings. The van der Waals surface area contributed by atoms with E-state index in [4.69, 9.17) is 4.74 Å². The van der Waals surface area contributed by atoms with Crippen LogP contribution in [0.5, 0.6) is 5.75 Å². The first kappa shape index (κ1) is 30.0. The zero-order valence-electron chi connectivity index (χ0n) is 24.8. The average molecular weight is 626 g/mol. The van der Waals surface area contributed by atoms with Crippen LogP contribution >= 0.6 is 0 Å². The molecule has 242 valence electrons. The van der Waals surface area contributed by atoms with E-state index in [1.165, 1.54) is 9.80 Å². The van der Waals surface area contributed by atoms with Gasteiger partial charge in [-0.25, -0.2) is 4.68 Å². The summed E-state index contributed by atoms with van der Waals surface area (Å²) in [6.07, 6.45) is -1.34. The molecule has 15 nitrogen and oxygen atoms in total. The minimum absolute atomic E-state index is 0.0728. The third kappa shape index (κ3) is 5.35. The Bertz CT molecular complexity index is 1450. The van der Waals surface area contributed by atoms with Crippen LogP contribution in [0.2, 0.25) is 0 Å². The van der Waals surface area contributed by atoms with Crippen molar-refractivity contribution in [3.63, 3.8) is 0 Å². The lowest BCUT2D eigenvalue weighted by molar-refractivity contribution is -0.225. The Morgan fingerprint density at radius 2 is 1.71 bits per heavy atom. The number of aromatic hydroxyl groups is 1. The molecule has 4 saturated heterocycles. The fourth-order valence-corrected chi connectivity index (χ4v) is 7.72. The number of hydrogen-bond acceptors (Lipinski definition) is 11. The Kier molecular flexibility index (Phi) is 7.98. The molecular formula is C30H39N7O8. The summed E-state index contributed by atoms with van der Waals surface area (Å²) in [4.78, 5) is 47.6. The van der Waals surface area contributed by atoms with Crippen molar-refractivity contribution < 1.29 is 39.5 Å². The number of benzene rings is 1. The molecule has 45 heavy (non-hydrogen) atoms. The number of rotatable bonds is 3. The highest BCUT2D eigenvalue weighted by atomic mass is 16.5. The highest BCUT2D eigenvalue weighted by Crippen LogP contribution is 2.34. The summed E-state index contributed by atoms with van der Waals surface area (Å²) in [7, 11) is 0. The molecule has 1 aliphatic carbocycles. The summed E-state index contributed by atoms with van der Waals surface area (Å²) in [5.41, 5.74) is 1.12. The quantitative estimate of drug-likeness (QED) is 0.259. The molecule has 1 aromatic heterocycles. The van der Waals surface area contributed by atoms with Crippen LogP contribution in [0.3, 0.4) is 0 Å². The number of aliphatic hydroxyl groups excluding tert-OH is 3. The summed E-state index contributed by atoms with van der Waals surface area (Å²) in [6, 6.07) is 4.32. The monoisotopic (exact) mass is 625 g/mol. The predicted octanol–water partition coefficient (Wildman–Crippen LogP) is -1.77. The summed E-state index contributed by atoms with van der Waals surface area (Å²) in [5.74, 6) is -1.45. The summed E-state index contributed by atoms with van der Waals surface area (Å²) >= 11 is 0. The van der Waals surface area contributed by atoms with Gasteiger partial charge in [0.05, 0.1) is 12.2 Å². The third-order valence-electron chi connectivity index (χ3n) is 10.2. The number of ether oxygens (including phenoxy) is 1. The van der Waals surface area contributed by atoms with Gasteiger partial charge in [0.1, 0.15) is 47.9 Å². The first-order chi connectivity index (χ1) is 21.7. The van der Waals surface area contributed by atoms with Gasteiger partial charge in [-0.3, -0.25) is 19.3 Å². The first-order valence-electron chi connectivity index (χ1n) is 15.7. The van der Waals surface area contributed by atoms with Gasteiger partial charge in [0.25, 0.3) is 5.91 Å². The van der Waals surface area contributed by atoms with Crippen LogP contribution in [-0.4, -0.2) is 149 Å². The molecule has 5 fully saturated rings. The van der Waals surface area contributed by atoms with E-state index in [0.29, 0.717) is 30.3 Å². The van der Waals surface area contributed by atoms with Gasteiger partial charge in [-0.2, -0.15) is 0 Å². The molecule has 15 heteroatoms. The highest BCUT2D eigenvalue weighted by molar-refractivity contribution is 5.94. The van der Waals surface area contributed by atoms with Crippen molar-refractivity contribution in [3.8, 4) is 17.0 Å². The largest absolute Gasteiger partial charge is 0.508 e. The van der Waals surface area contributed by atoms with Crippen molar-refractivity contribution in [1.29, 1.82) is 0 Å². The topological polar surface area (TPSA) is 194 Å². The molecule has 3 amide bonds. The molecule has 2 bridgehead atoms. The number of phenolic OH excluding ortho intramolecular Hbond substituents is 1. The standard InChI is InChI=1S/C30H39N7O8/c38-18-7-3-4-16(12-18)19-14-37(33-32-19)20-8-9-36-23(20)28(42)31-13-22-24(39)25(40)26(41)27(45-22)30(44)35-11-10-34(15-21(35)29(36)43)17-5-1-2-6-17/h3-4,7,12,14,17,20-27,38-41H,1-2,5-6,8-11,13,15H2,(H,31,42)/t20-,21+,22+,23+,24+,25-,26-,27+/m1/s1. The second-order valence-electron chi connectivity index (χ2n) is 12.8. The zero-order valence-corrected chi connectivity index (χ0v) is 24.8. The summed E-state index contributed by atoms with van der Waals surface area (Å²) in [6.45, 7) is 1.00. The van der Waals surface area contributed by atoms with Gasteiger partial charge in [0, 0.05) is 44.3 Å². The van der Waals surface area contributed by atoms with E-state index in [-0.39, 0.29) is 37.8 Å². The maximum absolute atomic E-state index is 14.5. The molecule has 0 radical (unpaired) electrons. The lowest BCUT2D eigenvalue weighted by atomic mass is 9.93. The third-order valence-corrected chi connectivity index (χ3v) is 10.2. The van der Waals surface area contributed by atoms with Crippen LogP contribution < -0.4 is 5.32 Å². The molecule has 5 heterocycles. The molecule has 1 aromatic carbocycles. The van der Waals surface area contributed by atoms with Gasteiger partial charge < -0.3 is 40.3 Å². The normalized spacial score (nSPS) is 35.0. The number of piperazine rings is 1. The van der Waals surface area contributed by atoms with E-state index in [1.807, 2.05) is 0 Å². The summed E-state index contributed by atoms with van der Waals surface area (Å²) < 4.78 is 7.41. The molecule has 4 aliphatic heterocycles. The maximum Gasteiger partial charge on any atom is 0.255 e. The lowest BCUT2D eigenvalue weighted by Crippen LogP contribution is -2.69. The van der Waals surface area contributed by atoms with Crippen LogP contribution in [0, 0.1) is 0 Å². The molecular weight excluding hydrogens is 586 g/mol. The second-order valence-corrected chi connectivity index (χ2v) is 12.8. The van der Waals surface area contributed by atoms with Crippen LogP contribution in [0.4, 0.5) is 0 Å². The van der Waals surface area contributed by atoms with Gasteiger partial charge in [-0.05, 0) is 31.4 Å². The number of amides is 3. The number of phenols is 1. The number of nitrogens with one attached hydrogen (secondary N) is 1. The number of hydrogen-bond donors (Lipinski definition) is 5. The van der Waals surface area contributed by atoms with E-state index >= 15 is 0 Å². The molecule has 1 saturated carbocycles. The van der Waals surface area contributed by atoms with E-state index in [2.05, 4.69) is 20.5 Å². The fraction of sp³-hybridized carbons (Fsp3) is 0.633. The fourth-order valence-electron chi connectivity index (χ4n) is 7.72. The highest BCUT2D eigenvalue weighted by Gasteiger charge is 2.53. The molecule has 7 rings (SSSR count). The molecule has 8 atom stereocenters. The number of aliphatic hydroxyl groups is 3. The van der Waals surface area contributed by atoms with Crippen LogP contribution in [0.1, 0.15) is 38.1 Å². The van der Waals surface area contributed by atoms with Crippen molar-refractivity contribution in [3.05, 3.63) is 30.5 Å². The number of carbonyl (C=O) groups excluding carboxylic acids is 3.